The van der Waals surface area contributed by atoms with Crippen LogP contribution in [-0.2, 0) is 11.2 Å². The van der Waals surface area contributed by atoms with E-state index in [9.17, 15) is 14.7 Å². The number of halogens is 1. The van der Waals surface area contributed by atoms with E-state index in [1.54, 1.807) is 36.4 Å². The van der Waals surface area contributed by atoms with Crippen molar-refractivity contribution in [2.45, 2.75) is 25.7 Å². The topological polar surface area (TPSA) is 87.7 Å². The Morgan fingerprint density at radius 3 is 2.59 bits per heavy atom. The van der Waals surface area contributed by atoms with Crippen molar-refractivity contribution in [2.75, 3.05) is 13.2 Å². The normalized spacial score (nSPS) is 14.2. The SMILES string of the molecule is Cc1ccccc1CCNC(=O)c1ccc(Oc2cc3c(cc2Cl)C(C(=O)[O-])CCO3)cc1.[Na+]. The molecule has 1 unspecified atom stereocenters. The first-order valence-corrected chi connectivity index (χ1v) is 11.1. The number of hydrogen-bond donors (Lipinski definition) is 1. The number of amides is 1. The van der Waals surface area contributed by atoms with E-state index in [2.05, 4.69) is 24.4 Å². The zero-order chi connectivity index (χ0) is 23.4. The fourth-order valence-corrected chi connectivity index (χ4v) is 4.03. The van der Waals surface area contributed by atoms with Gasteiger partial charge in [-0.05, 0) is 61.2 Å². The molecule has 0 saturated carbocycles. The van der Waals surface area contributed by atoms with Crippen molar-refractivity contribution in [3.63, 3.8) is 0 Å². The molecule has 0 saturated heterocycles. The largest absolute Gasteiger partial charge is 1.00 e. The maximum Gasteiger partial charge on any atom is 1.00 e. The van der Waals surface area contributed by atoms with E-state index in [1.165, 1.54) is 11.1 Å². The Morgan fingerprint density at radius 1 is 1.15 bits per heavy atom. The molecule has 0 aromatic heterocycles. The molecule has 0 aliphatic carbocycles. The Bertz CT molecular complexity index is 1180. The van der Waals surface area contributed by atoms with Gasteiger partial charge in [0.2, 0.25) is 0 Å². The van der Waals surface area contributed by atoms with Crippen molar-refractivity contribution < 1.29 is 53.7 Å². The summed E-state index contributed by atoms with van der Waals surface area (Å²) >= 11 is 6.32. The van der Waals surface area contributed by atoms with Crippen LogP contribution >= 0.6 is 11.6 Å². The minimum Gasteiger partial charge on any atom is -0.549 e. The van der Waals surface area contributed by atoms with E-state index in [-0.39, 0.29) is 47.1 Å². The molecule has 3 aromatic carbocycles. The van der Waals surface area contributed by atoms with Gasteiger partial charge < -0.3 is 24.7 Å². The number of ether oxygens (including phenoxy) is 2. The van der Waals surface area contributed by atoms with Gasteiger partial charge in [0, 0.05) is 35.6 Å². The first kappa shape index (κ1) is 26.1. The summed E-state index contributed by atoms with van der Waals surface area (Å²) in [4.78, 5) is 23.8. The van der Waals surface area contributed by atoms with Crippen LogP contribution in [0.3, 0.4) is 0 Å². The van der Waals surface area contributed by atoms with Crippen LogP contribution in [0, 0.1) is 6.92 Å². The number of benzene rings is 3. The number of fused-ring (bicyclic) bond motifs is 1. The van der Waals surface area contributed by atoms with Crippen LogP contribution < -0.4 is 49.5 Å². The molecule has 34 heavy (non-hydrogen) atoms. The van der Waals surface area contributed by atoms with E-state index in [1.807, 2.05) is 12.1 Å². The molecular weight excluding hydrogens is 465 g/mol. The van der Waals surface area contributed by atoms with E-state index < -0.39 is 11.9 Å². The minimum atomic E-state index is -1.16. The second-order valence-electron chi connectivity index (χ2n) is 7.89. The van der Waals surface area contributed by atoms with Gasteiger partial charge >= 0.3 is 29.6 Å². The van der Waals surface area contributed by atoms with Crippen molar-refractivity contribution in [2.24, 2.45) is 0 Å². The number of rotatable bonds is 7. The monoisotopic (exact) mass is 487 g/mol. The summed E-state index contributed by atoms with van der Waals surface area (Å²) in [5.74, 6) is -0.838. The van der Waals surface area contributed by atoms with Crippen molar-refractivity contribution >= 4 is 23.5 Å². The van der Waals surface area contributed by atoms with Crippen LogP contribution in [0.15, 0.2) is 60.7 Å². The van der Waals surface area contributed by atoms with Crippen LogP contribution in [0.1, 0.15) is 39.4 Å². The summed E-state index contributed by atoms with van der Waals surface area (Å²) in [5.41, 5.74) is 3.41. The van der Waals surface area contributed by atoms with E-state index >= 15 is 0 Å². The molecule has 6 nitrogen and oxygen atoms in total. The molecule has 8 heteroatoms. The third-order valence-corrected chi connectivity index (χ3v) is 5.97. The average Bonchev–Trinajstić information content (AvgIpc) is 2.80. The second kappa shape index (κ2) is 11.8. The Hall–Kier alpha value is -2.51. The third-order valence-electron chi connectivity index (χ3n) is 5.67. The van der Waals surface area contributed by atoms with Crippen molar-refractivity contribution in [1.82, 2.24) is 5.32 Å². The van der Waals surface area contributed by atoms with Crippen LogP contribution in [-0.4, -0.2) is 25.0 Å². The van der Waals surface area contributed by atoms with Crippen LogP contribution in [0.5, 0.6) is 17.2 Å². The molecule has 1 aliphatic heterocycles. The smallest absolute Gasteiger partial charge is 0.549 e. The first-order chi connectivity index (χ1) is 15.9. The average molecular weight is 488 g/mol. The van der Waals surface area contributed by atoms with E-state index in [0.717, 1.165) is 6.42 Å². The number of carboxylic acid groups (broad SMARTS) is 1. The maximum atomic E-state index is 12.4. The van der Waals surface area contributed by atoms with Crippen molar-refractivity contribution in [3.05, 3.63) is 87.9 Å². The number of carbonyl (C=O) groups is 2. The Morgan fingerprint density at radius 2 is 1.88 bits per heavy atom. The summed E-state index contributed by atoms with van der Waals surface area (Å²) in [7, 11) is 0. The molecule has 3 aromatic rings. The van der Waals surface area contributed by atoms with Crippen molar-refractivity contribution in [1.29, 1.82) is 0 Å². The Kier molecular flexibility index (Phi) is 9.03. The molecule has 0 radical (unpaired) electrons. The number of nitrogens with one attached hydrogen (secondary N) is 1. The summed E-state index contributed by atoms with van der Waals surface area (Å²) in [5, 5.41) is 14.6. The molecule has 1 amide bonds. The maximum absolute atomic E-state index is 12.4. The van der Waals surface area contributed by atoms with Gasteiger partial charge in [-0.25, -0.2) is 0 Å². The van der Waals surface area contributed by atoms with Gasteiger partial charge in [-0.15, -0.1) is 0 Å². The number of carboxylic acids is 1. The van der Waals surface area contributed by atoms with Gasteiger partial charge in [-0.3, -0.25) is 4.79 Å². The van der Waals surface area contributed by atoms with Crippen molar-refractivity contribution in [3.8, 4) is 17.2 Å². The predicted octanol–water partition coefficient (Wildman–Crippen LogP) is 1.03. The number of carbonyl (C=O) groups excluding carboxylic acids is 2. The predicted molar refractivity (Wildman–Crippen MR) is 123 cm³/mol. The summed E-state index contributed by atoms with van der Waals surface area (Å²) in [6.07, 6.45) is 1.09. The Balaban J connectivity index is 0.00000324. The van der Waals surface area contributed by atoms with Crippen LogP contribution in [0.4, 0.5) is 0 Å². The molecule has 1 aliphatic rings. The molecule has 0 bridgehead atoms. The fourth-order valence-electron chi connectivity index (χ4n) is 3.82. The zero-order valence-electron chi connectivity index (χ0n) is 19.1. The molecule has 4 rings (SSSR count). The molecule has 170 valence electrons. The minimum absolute atomic E-state index is 0. The summed E-state index contributed by atoms with van der Waals surface area (Å²) < 4.78 is 11.4. The second-order valence-corrected chi connectivity index (χ2v) is 8.30. The van der Waals surface area contributed by atoms with Crippen LogP contribution in [0.2, 0.25) is 5.02 Å². The molecule has 1 heterocycles. The zero-order valence-corrected chi connectivity index (χ0v) is 21.9. The van der Waals surface area contributed by atoms with E-state index in [4.69, 9.17) is 21.1 Å². The summed E-state index contributed by atoms with van der Waals surface area (Å²) in [6.45, 7) is 2.87. The van der Waals surface area contributed by atoms with Crippen LogP contribution in [0.25, 0.3) is 0 Å². The molecule has 1 atom stereocenters. The third kappa shape index (κ3) is 6.13. The van der Waals surface area contributed by atoms with Gasteiger partial charge in [0.1, 0.15) is 17.2 Å². The van der Waals surface area contributed by atoms with Gasteiger partial charge in [0.15, 0.2) is 0 Å². The van der Waals surface area contributed by atoms with Gasteiger partial charge in [-0.1, -0.05) is 35.9 Å². The molecule has 1 N–H and O–H groups in total. The van der Waals surface area contributed by atoms with Gasteiger partial charge in [0.05, 0.1) is 11.6 Å². The van der Waals surface area contributed by atoms with Gasteiger partial charge in [0.25, 0.3) is 5.91 Å². The number of aliphatic carboxylic acids is 1. The molecule has 0 fully saturated rings. The quantitative estimate of drug-likeness (QED) is 0.503. The fraction of sp³-hybridized carbons (Fsp3) is 0.231. The summed E-state index contributed by atoms with van der Waals surface area (Å²) in [6, 6.07) is 17.9. The number of hydrogen-bond acceptors (Lipinski definition) is 5. The Labute approximate surface area is 225 Å². The first-order valence-electron chi connectivity index (χ1n) is 10.7. The molecule has 0 spiro atoms. The van der Waals surface area contributed by atoms with E-state index in [0.29, 0.717) is 41.3 Å². The molecular formula is C26H23ClNNaO5. The standard InChI is InChI=1S/C26H24ClNO5.Na/c1-16-4-2-3-5-17(16)10-12-28-25(29)18-6-8-19(9-7-18)33-24-15-23-21(14-22(24)27)20(26(30)31)11-13-32-23;/h2-9,14-15,20H,10-13H2,1H3,(H,28,29)(H,30,31);/q;+1/p-1. The number of aryl methyl sites for hydroxylation is 1. The van der Waals surface area contributed by atoms with Gasteiger partial charge in [-0.2, -0.15) is 0 Å².